The smallest absolute Gasteiger partial charge is 0.291 e. The Bertz CT molecular complexity index is 6830. The quantitative estimate of drug-likeness (QED) is 0.0243. The number of aromatic nitrogens is 14. The third kappa shape index (κ3) is 26.0. The highest BCUT2D eigenvalue weighted by atomic mass is 16.2. The predicted molar refractivity (Wildman–Crippen MR) is 516 cm³/mol. The van der Waals surface area contributed by atoms with E-state index in [4.69, 9.17) is 11.5 Å². The molecule has 12 heterocycles. The van der Waals surface area contributed by atoms with Crippen LogP contribution in [0.15, 0.2) is 135 Å². The number of hydrogen-bond donors (Lipinski definition) is 19. The van der Waals surface area contributed by atoms with Crippen molar-refractivity contribution >= 4 is 169 Å². The van der Waals surface area contributed by atoms with Crippen molar-refractivity contribution in [2.24, 2.45) is 96.0 Å². The SMILES string of the molecule is Cn1cc(NC(=O)c2nc(NC(=O)c3cc(NC(=O)CCCN)cn3C)cn2C)cc1C(=O)NCCCC(=O)Nc1cn(C)c(C(=O)Nc2cc(C(=O)Nc3cc(C(=O)NCCC(=O)Nc4cc(C(=O)Nc5cc(C(=O)Nc6cc(C(=O)NCCC(=O)Nc7cc(C(=O)Nc8cc(C(=O)Nc9cc(C(=O)NCCC(=O)NCCCN)n(C)c9)n(C)c8)n(C)c7)n(C)c6)n(C)c5)n(C)c4)n(C)c3)n(C)c2)n1. The molecule has 0 aliphatic carbocycles. The number of carbonyl (C=O) groups is 17. The summed E-state index contributed by atoms with van der Waals surface area (Å²) in [6.07, 6.45) is 19.5. The van der Waals surface area contributed by atoms with E-state index < -0.39 is 88.6 Å². The zero-order chi connectivity index (χ0) is 101. The maximum atomic E-state index is 13.7. The zero-order valence-corrected chi connectivity index (χ0v) is 78.7. The van der Waals surface area contributed by atoms with Crippen molar-refractivity contribution in [1.29, 1.82) is 0 Å². The van der Waals surface area contributed by atoms with E-state index in [1.165, 1.54) is 177 Å². The molecule has 0 saturated heterocycles. The van der Waals surface area contributed by atoms with Gasteiger partial charge in [0.15, 0.2) is 11.6 Å². The van der Waals surface area contributed by atoms with E-state index in [2.05, 4.69) is 100 Å². The summed E-state index contributed by atoms with van der Waals surface area (Å²) in [6.45, 7) is 1.25. The second-order valence-electron chi connectivity index (χ2n) is 33.0. The number of nitrogens with two attached hydrogens (primary N) is 2. The van der Waals surface area contributed by atoms with Crippen molar-refractivity contribution in [1.82, 2.24) is 91.4 Å². The van der Waals surface area contributed by atoms with Gasteiger partial charge < -0.3 is 157 Å². The van der Waals surface area contributed by atoms with Crippen molar-refractivity contribution < 1.29 is 81.5 Å². The summed E-state index contributed by atoms with van der Waals surface area (Å²) in [5.41, 5.74) is 15.5. The van der Waals surface area contributed by atoms with Gasteiger partial charge in [-0.15, -0.1) is 0 Å². The molecule has 736 valence electrons. The Labute approximate surface area is 798 Å². The molecular formula is C90H109N33O17. The van der Waals surface area contributed by atoms with Crippen LogP contribution in [0.25, 0.3) is 0 Å². The predicted octanol–water partition coefficient (Wildman–Crippen LogP) is 3.49. The molecule has 0 unspecified atom stereocenters. The van der Waals surface area contributed by atoms with Crippen molar-refractivity contribution in [2.75, 3.05) is 110 Å². The minimum Gasteiger partial charge on any atom is -0.356 e. The topological polar surface area (TPSA) is 632 Å². The van der Waals surface area contributed by atoms with Crippen LogP contribution in [-0.4, -0.2) is 211 Å². The molecule has 50 heteroatoms. The van der Waals surface area contributed by atoms with E-state index >= 15 is 0 Å². The fourth-order valence-corrected chi connectivity index (χ4v) is 14.8. The van der Waals surface area contributed by atoms with Crippen molar-refractivity contribution in [3.63, 3.8) is 0 Å². The summed E-state index contributed by atoms with van der Waals surface area (Å²) in [5.74, 6) is -8.59. The molecule has 12 aromatic rings. The number of imidazole rings is 2. The summed E-state index contributed by atoms with van der Waals surface area (Å²) in [7, 11) is 19.1. The van der Waals surface area contributed by atoms with Gasteiger partial charge in [-0.2, -0.15) is 0 Å². The highest BCUT2D eigenvalue weighted by molar-refractivity contribution is 6.12. The third-order valence-corrected chi connectivity index (χ3v) is 21.8. The molecule has 50 nitrogen and oxygen atoms in total. The number of carbonyl (C=O) groups excluding carboxylic acids is 17. The van der Waals surface area contributed by atoms with Gasteiger partial charge in [-0.25, -0.2) is 9.97 Å². The van der Waals surface area contributed by atoms with E-state index in [9.17, 15) is 81.5 Å². The van der Waals surface area contributed by atoms with E-state index in [0.717, 1.165) is 0 Å². The second kappa shape index (κ2) is 45.0. The van der Waals surface area contributed by atoms with E-state index in [0.29, 0.717) is 55.2 Å². The minimum atomic E-state index is -0.670. The lowest BCUT2D eigenvalue weighted by Gasteiger charge is -2.06. The Balaban J connectivity index is 0.519. The standard InChI is InChI=1S/C90H109N33O17/c1-112-41-53(31-61(112)80(130)95-25-18-72(124)93-24-15-22-92)101-85(135)66-35-56(44-119(66)8)104-83(133)64-28-51(39-116(64)5)99-75(127)19-26-96-81(131)62-32-54(42-113(62)2)102-86(136)67-36-57(45-120(67)9)105-84(134)65-29-52(40-117(65)6)100-76(128)20-27-97-82(132)63-33-55(43-114(63)3)103-87(137)68-37-59(47-121(68)10)107-89(139)77-109-70(48-122(77)11)108-74(126)17-14-23-94-79(129)60-34-58(46-115(60)4)106-90(140)78-110-71(49-123(78)12)111-88(138)69-30-50(38-118(69)7)98-73(125)16-13-21-91/h28-49H,13-27,91-92H2,1-12H3,(H,93,124)(H,94,129)(H,95,130)(H,96,131)(H,97,132)(H,98,125)(H,99,127)(H,100,128)(H,101,135)(H,102,136)(H,103,137)(H,104,133)(H,105,134)(H,106,140)(H,107,139)(H,108,126)(H,111,138). The highest BCUT2D eigenvalue weighted by Gasteiger charge is 2.28. The number of aryl methyl sites for hydroxylation is 12. The number of amides is 17. The lowest BCUT2D eigenvalue weighted by atomic mass is 10.3. The number of nitrogens with zero attached hydrogens (tertiary/aromatic N) is 14. The first-order valence-corrected chi connectivity index (χ1v) is 43.9. The molecule has 0 aromatic carbocycles. The fraction of sp³-hybridized carbons (Fsp3) is 0.300. The lowest BCUT2D eigenvalue weighted by molar-refractivity contribution is -0.121. The summed E-state index contributed by atoms with van der Waals surface area (Å²) >= 11 is 0. The lowest BCUT2D eigenvalue weighted by Crippen LogP contribution is -2.32. The average molecular weight is 1930 g/mol. The van der Waals surface area contributed by atoms with Gasteiger partial charge in [-0.05, 0) is 93.0 Å². The Kier molecular flexibility index (Phi) is 32.5. The van der Waals surface area contributed by atoms with Gasteiger partial charge in [0, 0.05) is 224 Å². The second-order valence-corrected chi connectivity index (χ2v) is 33.0. The van der Waals surface area contributed by atoms with Gasteiger partial charge >= 0.3 is 0 Å². The normalized spacial score (nSPS) is 11.0. The molecule has 0 radical (unpaired) electrons. The van der Waals surface area contributed by atoms with E-state index in [1.54, 1.807) is 97.0 Å². The van der Waals surface area contributed by atoms with Crippen LogP contribution >= 0.6 is 0 Å². The first kappa shape index (κ1) is 101. The maximum absolute atomic E-state index is 13.7. The molecule has 0 spiro atoms. The van der Waals surface area contributed by atoms with Crippen LogP contribution in [0.3, 0.4) is 0 Å². The van der Waals surface area contributed by atoms with Gasteiger partial charge in [-0.3, -0.25) is 81.5 Å². The molecule has 0 fully saturated rings. The van der Waals surface area contributed by atoms with Crippen LogP contribution in [-0.2, 0) is 109 Å². The molecule has 21 N–H and O–H groups in total. The Morgan fingerprint density at radius 3 is 0.693 bits per heavy atom. The number of nitrogens with one attached hydrogen (secondary N) is 17. The maximum Gasteiger partial charge on any atom is 0.291 e. The molecule has 0 aliphatic rings. The van der Waals surface area contributed by atoms with E-state index in [-0.39, 0.29) is 191 Å². The van der Waals surface area contributed by atoms with Crippen molar-refractivity contribution in [2.45, 2.75) is 51.4 Å². The zero-order valence-electron chi connectivity index (χ0n) is 78.7. The van der Waals surface area contributed by atoms with Crippen LogP contribution < -0.4 is 102 Å². The first-order chi connectivity index (χ1) is 66.6. The number of hydrogen-bond acceptors (Lipinski definition) is 21. The molecular weight excluding hydrogens is 1820 g/mol. The first-order valence-electron chi connectivity index (χ1n) is 43.9. The van der Waals surface area contributed by atoms with E-state index in [1.807, 2.05) is 0 Å². The van der Waals surface area contributed by atoms with Crippen LogP contribution in [0.2, 0.25) is 0 Å². The molecule has 0 saturated carbocycles. The molecule has 140 heavy (non-hydrogen) atoms. The fourth-order valence-electron chi connectivity index (χ4n) is 14.8. The average Bonchev–Trinajstić information content (AvgIpc) is 1.68. The highest BCUT2D eigenvalue weighted by Crippen LogP contribution is 2.27. The summed E-state index contributed by atoms with van der Waals surface area (Å²) in [6, 6.07) is 14.6. The molecule has 0 bridgehead atoms. The van der Waals surface area contributed by atoms with Gasteiger partial charge in [0.2, 0.25) is 41.2 Å². The van der Waals surface area contributed by atoms with Crippen LogP contribution in [0.5, 0.6) is 0 Å². The van der Waals surface area contributed by atoms with Crippen LogP contribution in [0, 0.1) is 0 Å². The molecule has 12 rings (SSSR count). The molecule has 0 atom stereocenters. The van der Waals surface area contributed by atoms with Crippen molar-refractivity contribution in [3.8, 4) is 0 Å². The van der Waals surface area contributed by atoms with Gasteiger partial charge in [0.25, 0.3) is 70.9 Å². The van der Waals surface area contributed by atoms with Crippen LogP contribution in [0.1, 0.15) is 177 Å². The Morgan fingerprint density at radius 1 is 0.207 bits per heavy atom. The largest absolute Gasteiger partial charge is 0.356 e. The third-order valence-electron chi connectivity index (χ3n) is 21.8. The molecule has 12 aromatic heterocycles. The minimum absolute atomic E-state index is 0.0409. The summed E-state index contributed by atoms with van der Waals surface area (Å²) < 4.78 is 17.8. The molecule has 0 aliphatic heterocycles. The monoisotopic (exact) mass is 1920 g/mol. The summed E-state index contributed by atoms with van der Waals surface area (Å²) in [5, 5.41) is 46.3. The van der Waals surface area contributed by atoms with Crippen LogP contribution in [0.4, 0.5) is 68.5 Å². The number of anilines is 12. The van der Waals surface area contributed by atoms with Crippen molar-refractivity contribution in [3.05, 3.63) is 204 Å². The molecule has 17 amide bonds. The summed E-state index contributed by atoms with van der Waals surface area (Å²) in [4.78, 5) is 233. The van der Waals surface area contributed by atoms with Gasteiger partial charge in [-0.1, -0.05) is 0 Å². The Hall–Kier alpha value is -17.9. The van der Waals surface area contributed by atoms with Gasteiger partial charge in [0.1, 0.15) is 56.9 Å². The van der Waals surface area contributed by atoms with Gasteiger partial charge in [0.05, 0.1) is 56.9 Å². The Morgan fingerprint density at radius 2 is 0.414 bits per heavy atom. The number of rotatable bonds is 43.